The molecule has 0 aliphatic heterocycles. The van der Waals surface area contributed by atoms with Crippen molar-refractivity contribution in [1.82, 2.24) is 0 Å². The third-order valence-corrected chi connectivity index (χ3v) is 4.63. The Labute approximate surface area is 120 Å². The summed E-state index contributed by atoms with van der Waals surface area (Å²) in [6.07, 6.45) is 2.33. The van der Waals surface area contributed by atoms with Gasteiger partial charge >= 0.3 is 0 Å². The van der Waals surface area contributed by atoms with Crippen LogP contribution in [0.15, 0.2) is 35.7 Å². The molecule has 0 spiro atoms. The van der Waals surface area contributed by atoms with Gasteiger partial charge in [-0.3, -0.25) is 0 Å². The van der Waals surface area contributed by atoms with E-state index in [-0.39, 0.29) is 6.04 Å². The Hall–Kier alpha value is -0.390. The van der Waals surface area contributed by atoms with Gasteiger partial charge in [0.2, 0.25) is 0 Å². The zero-order valence-electron chi connectivity index (χ0n) is 9.82. The zero-order chi connectivity index (χ0) is 12.3. The fourth-order valence-electron chi connectivity index (χ4n) is 1.86. The van der Waals surface area contributed by atoms with Crippen LogP contribution in [-0.4, -0.2) is 0 Å². The summed E-state index contributed by atoms with van der Waals surface area (Å²) in [7, 11) is 0. The SMILES string of the molecule is CCCc1ccc(C(N)c2csc(I)c2)cc1. The molecule has 2 aromatic rings. The molecular formula is C14H16INS. The first-order chi connectivity index (χ1) is 8.20. The topological polar surface area (TPSA) is 26.0 Å². The van der Waals surface area contributed by atoms with Crippen LogP contribution in [0, 0.1) is 2.88 Å². The van der Waals surface area contributed by atoms with Gasteiger partial charge < -0.3 is 5.73 Å². The Morgan fingerprint density at radius 1 is 1.24 bits per heavy atom. The third kappa shape index (κ3) is 3.30. The van der Waals surface area contributed by atoms with E-state index in [0.717, 1.165) is 6.42 Å². The van der Waals surface area contributed by atoms with E-state index in [1.54, 1.807) is 11.3 Å². The Morgan fingerprint density at radius 3 is 2.47 bits per heavy atom. The van der Waals surface area contributed by atoms with E-state index >= 15 is 0 Å². The minimum absolute atomic E-state index is 0.00504. The maximum atomic E-state index is 6.26. The summed E-state index contributed by atoms with van der Waals surface area (Å²) in [5.74, 6) is 0. The molecule has 2 N–H and O–H groups in total. The van der Waals surface area contributed by atoms with Crippen molar-refractivity contribution in [3.63, 3.8) is 0 Å². The molecule has 0 saturated carbocycles. The molecule has 0 fully saturated rings. The maximum absolute atomic E-state index is 6.26. The molecule has 1 heterocycles. The molecule has 0 aliphatic carbocycles. The Bertz CT molecular complexity index is 475. The van der Waals surface area contributed by atoms with Gasteiger partial charge in [0.25, 0.3) is 0 Å². The third-order valence-electron chi connectivity index (χ3n) is 2.82. The quantitative estimate of drug-likeness (QED) is 0.809. The second kappa shape index (κ2) is 5.98. The lowest BCUT2D eigenvalue weighted by Crippen LogP contribution is -2.10. The van der Waals surface area contributed by atoms with Crippen LogP contribution in [0.3, 0.4) is 0 Å². The van der Waals surface area contributed by atoms with E-state index in [0.29, 0.717) is 0 Å². The summed E-state index contributed by atoms with van der Waals surface area (Å²) in [5.41, 5.74) is 10.1. The minimum atomic E-state index is 0.00504. The zero-order valence-corrected chi connectivity index (χ0v) is 12.8. The molecule has 0 aliphatic rings. The van der Waals surface area contributed by atoms with Crippen molar-refractivity contribution in [2.24, 2.45) is 5.73 Å². The lowest BCUT2D eigenvalue weighted by molar-refractivity contribution is 0.869. The summed E-state index contributed by atoms with van der Waals surface area (Å²) < 4.78 is 1.29. The van der Waals surface area contributed by atoms with E-state index in [1.165, 1.54) is 26.0 Å². The van der Waals surface area contributed by atoms with Gasteiger partial charge in [-0.15, -0.1) is 11.3 Å². The van der Waals surface area contributed by atoms with Crippen LogP contribution in [0.5, 0.6) is 0 Å². The molecule has 2 rings (SSSR count). The number of nitrogens with two attached hydrogens (primary N) is 1. The number of rotatable bonds is 4. The standard InChI is InChI=1S/C14H16INS/c1-2-3-10-4-6-11(7-5-10)14(16)12-8-13(15)17-9-12/h4-9,14H,2-3,16H2,1H3. The first kappa shape index (κ1) is 13.1. The number of thiophene rings is 1. The highest BCUT2D eigenvalue weighted by atomic mass is 127. The van der Waals surface area contributed by atoms with Crippen LogP contribution < -0.4 is 5.73 Å². The molecule has 1 aromatic heterocycles. The average molecular weight is 357 g/mol. The van der Waals surface area contributed by atoms with E-state index < -0.39 is 0 Å². The summed E-state index contributed by atoms with van der Waals surface area (Å²) in [6.45, 7) is 2.20. The summed E-state index contributed by atoms with van der Waals surface area (Å²) >= 11 is 4.08. The van der Waals surface area contributed by atoms with Gasteiger partial charge in [-0.1, -0.05) is 37.6 Å². The molecule has 0 radical (unpaired) electrons. The maximum Gasteiger partial charge on any atom is 0.0656 e. The first-order valence-electron chi connectivity index (χ1n) is 5.79. The number of benzene rings is 1. The van der Waals surface area contributed by atoms with Crippen molar-refractivity contribution in [1.29, 1.82) is 0 Å². The van der Waals surface area contributed by atoms with E-state index in [4.69, 9.17) is 5.73 Å². The Balaban J connectivity index is 2.16. The smallest absolute Gasteiger partial charge is 0.0656 e. The monoisotopic (exact) mass is 357 g/mol. The number of hydrogen-bond donors (Lipinski definition) is 1. The largest absolute Gasteiger partial charge is 0.320 e. The van der Waals surface area contributed by atoms with Crippen LogP contribution >= 0.6 is 33.9 Å². The first-order valence-corrected chi connectivity index (χ1v) is 7.75. The predicted molar refractivity (Wildman–Crippen MR) is 83.5 cm³/mol. The highest BCUT2D eigenvalue weighted by Gasteiger charge is 2.10. The number of hydrogen-bond acceptors (Lipinski definition) is 2. The highest BCUT2D eigenvalue weighted by molar-refractivity contribution is 14.1. The Morgan fingerprint density at radius 2 is 1.94 bits per heavy atom. The molecule has 1 nitrogen and oxygen atoms in total. The second-order valence-corrected chi connectivity index (χ2v) is 6.96. The van der Waals surface area contributed by atoms with Crippen LogP contribution in [0.1, 0.15) is 36.1 Å². The average Bonchev–Trinajstić information content (AvgIpc) is 2.76. The van der Waals surface area contributed by atoms with Crippen molar-refractivity contribution in [3.8, 4) is 0 Å². The summed E-state index contributed by atoms with van der Waals surface area (Å²) in [5, 5.41) is 2.15. The van der Waals surface area contributed by atoms with Crippen LogP contribution in [0.25, 0.3) is 0 Å². The van der Waals surface area contributed by atoms with Crippen LogP contribution in [0.2, 0.25) is 0 Å². The molecule has 1 aromatic carbocycles. The van der Waals surface area contributed by atoms with E-state index in [1.807, 2.05) is 0 Å². The molecule has 0 bridgehead atoms. The fourth-order valence-corrected chi connectivity index (χ4v) is 3.27. The lowest BCUT2D eigenvalue weighted by atomic mass is 10.00. The Kier molecular flexibility index (Phi) is 4.59. The minimum Gasteiger partial charge on any atom is -0.320 e. The highest BCUT2D eigenvalue weighted by Crippen LogP contribution is 2.25. The van der Waals surface area contributed by atoms with Crippen LogP contribution in [-0.2, 0) is 6.42 Å². The summed E-state index contributed by atoms with van der Waals surface area (Å²) in [6, 6.07) is 10.9. The van der Waals surface area contributed by atoms with Crippen molar-refractivity contribution < 1.29 is 0 Å². The van der Waals surface area contributed by atoms with Crippen molar-refractivity contribution in [2.45, 2.75) is 25.8 Å². The van der Waals surface area contributed by atoms with Gasteiger partial charge in [0.15, 0.2) is 0 Å². The normalized spacial score (nSPS) is 12.6. The van der Waals surface area contributed by atoms with E-state index in [2.05, 4.69) is 65.2 Å². The van der Waals surface area contributed by atoms with Crippen molar-refractivity contribution >= 4 is 33.9 Å². The molecule has 1 unspecified atom stereocenters. The second-order valence-electron chi connectivity index (χ2n) is 4.15. The van der Waals surface area contributed by atoms with Gasteiger partial charge in [0.1, 0.15) is 0 Å². The lowest BCUT2D eigenvalue weighted by Gasteiger charge is -2.11. The van der Waals surface area contributed by atoms with Gasteiger partial charge in [-0.05, 0) is 57.1 Å². The fraction of sp³-hybridized carbons (Fsp3) is 0.286. The molecule has 90 valence electrons. The summed E-state index contributed by atoms with van der Waals surface area (Å²) in [4.78, 5) is 0. The molecule has 3 heteroatoms. The molecule has 1 atom stereocenters. The van der Waals surface area contributed by atoms with Gasteiger partial charge in [0.05, 0.1) is 8.93 Å². The molecule has 0 amide bonds. The van der Waals surface area contributed by atoms with Crippen molar-refractivity contribution in [3.05, 3.63) is 55.3 Å². The van der Waals surface area contributed by atoms with Crippen LogP contribution in [0.4, 0.5) is 0 Å². The van der Waals surface area contributed by atoms with E-state index in [9.17, 15) is 0 Å². The number of aryl methyl sites for hydroxylation is 1. The predicted octanol–water partition coefficient (Wildman–Crippen LogP) is 4.35. The van der Waals surface area contributed by atoms with Gasteiger partial charge in [0, 0.05) is 0 Å². The molecule has 0 saturated heterocycles. The molecular weight excluding hydrogens is 341 g/mol. The molecule has 17 heavy (non-hydrogen) atoms. The van der Waals surface area contributed by atoms with Gasteiger partial charge in [-0.2, -0.15) is 0 Å². The van der Waals surface area contributed by atoms with Crippen molar-refractivity contribution in [2.75, 3.05) is 0 Å². The van der Waals surface area contributed by atoms with Gasteiger partial charge in [-0.25, -0.2) is 0 Å². The number of halogens is 1.